The number of halogens is 1. The average molecular weight is 440 g/mol. The Hall–Kier alpha value is -3.06. The minimum Gasteiger partial charge on any atom is -0.493 e. The molecule has 1 atom stereocenters. The van der Waals surface area contributed by atoms with Crippen molar-refractivity contribution in [2.75, 3.05) is 26.8 Å². The minimum absolute atomic E-state index is 0.146. The van der Waals surface area contributed by atoms with Gasteiger partial charge in [0.05, 0.1) is 7.11 Å². The van der Waals surface area contributed by atoms with Gasteiger partial charge in [-0.3, -0.25) is 9.69 Å². The zero-order chi connectivity index (χ0) is 22.7. The molecule has 1 amide bonds. The van der Waals surface area contributed by atoms with Crippen LogP contribution in [0.25, 0.3) is 10.9 Å². The number of fused-ring (bicyclic) bond motifs is 2. The molecule has 3 aromatic rings. The number of rotatable bonds is 9. The highest BCUT2D eigenvalue weighted by Crippen LogP contribution is 2.38. The summed E-state index contributed by atoms with van der Waals surface area (Å²) in [5.74, 6) is 0.570. The number of methoxy groups -OCH3 is 1. The van der Waals surface area contributed by atoms with Gasteiger partial charge >= 0.3 is 0 Å². The molecule has 6 nitrogen and oxygen atoms in total. The number of aromatic amines is 1. The summed E-state index contributed by atoms with van der Waals surface area (Å²) in [6, 6.07) is 8.43. The van der Waals surface area contributed by atoms with Gasteiger partial charge in [-0.1, -0.05) is 6.92 Å². The van der Waals surface area contributed by atoms with E-state index in [1.54, 1.807) is 31.4 Å². The van der Waals surface area contributed by atoms with Gasteiger partial charge in [0.25, 0.3) is 0 Å². The summed E-state index contributed by atoms with van der Waals surface area (Å²) >= 11 is 0. The Bertz CT molecular complexity index is 1110. The van der Waals surface area contributed by atoms with Crippen LogP contribution in [0.4, 0.5) is 4.39 Å². The number of nitrogens with two attached hydrogens (primary N) is 1. The fourth-order valence-electron chi connectivity index (χ4n) is 4.66. The lowest BCUT2D eigenvalue weighted by molar-refractivity contribution is 0.0985. The maximum absolute atomic E-state index is 13.7. The van der Waals surface area contributed by atoms with Crippen LogP contribution in [0.1, 0.15) is 41.3 Å². The molecule has 32 heavy (non-hydrogen) atoms. The molecule has 0 aliphatic carbocycles. The molecule has 1 aliphatic rings. The van der Waals surface area contributed by atoms with Gasteiger partial charge in [-0.15, -0.1) is 0 Å². The second-order valence-electron chi connectivity index (χ2n) is 8.30. The lowest BCUT2D eigenvalue weighted by atomic mass is 9.95. The molecular formula is C25H30FN3O3. The molecular weight excluding hydrogens is 409 g/mol. The fraction of sp³-hybridized carbons (Fsp3) is 0.400. The maximum atomic E-state index is 13.7. The molecule has 0 radical (unpaired) electrons. The molecule has 0 saturated heterocycles. The van der Waals surface area contributed by atoms with Gasteiger partial charge in [0, 0.05) is 34.3 Å². The van der Waals surface area contributed by atoms with Gasteiger partial charge in [-0.05, 0) is 74.7 Å². The number of ether oxygens (including phenoxy) is 2. The number of primary amides is 1. The normalized spacial score (nSPS) is 15.6. The molecule has 1 aromatic heterocycles. The molecule has 170 valence electrons. The number of H-pyrrole nitrogens is 1. The van der Waals surface area contributed by atoms with Crippen LogP contribution in [0.3, 0.4) is 0 Å². The Morgan fingerprint density at radius 1 is 1.31 bits per heavy atom. The van der Waals surface area contributed by atoms with Gasteiger partial charge < -0.3 is 20.2 Å². The van der Waals surface area contributed by atoms with Crippen LogP contribution in [0, 0.1) is 5.82 Å². The Kier molecular flexibility index (Phi) is 6.65. The summed E-state index contributed by atoms with van der Waals surface area (Å²) in [5.41, 5.74) is 9.01. The van der Waals surface area contributed by atoms with E-state index in [0.29, 0.717) is 30.1 Å². The second kappa shape index (κ2) is 9.61. The highest BCUT2D eigenvalue weighted by atomic mass is 19.1. The van der Waals surface area contributed by atoms with Crippen molar-refractivity contribution in [2.45, 2.75) is 38.6 Å². The van der Waals surface area contributed by atoms with E-state index in [4.69, 9.17) is 15.2 Å². The van der Waals surface area contributed by atoms with Crippen molar-refractivity contribution in [1.82, 2.24) is 9.88 Å². The number of hydrogen-bond acceptors (Lipinski definition) is 4. The summed E-state index contributed by atoms with van der Waals surface area (Å²) in [5, 5.41) is 0.945. The molecule has 0 bridgehead atoms. The van der Waals surface area contributed by atoms with Crippen LogP contribution in [-0.2, 0) is 12.8 Å². The van der Waals surface area contributed by atoms with Crippen molar-refractivity contribution in [3.05, 3.63) is 59.0 Å². The molecule has 2 heterocycles. The van der Waals surface area contributed by atoms with Crippen molar-refractivity contribution in [3.8, 4) is 11.5 Å². The van der Waals surface area contributed by atoms with Crippen LogP contribution in [0.5, 0.6) is 11.5 Å². The van der Waals surface area contributed by atoms with E-state index in [2.05, 4.69) is 16.8 Å². The topological polar surface area (TPSA) is 80.6 Å². The van der Waals surface area contributed by atoms with Gasteiger partial charge in [0.2, 0.25) is 5.91 Å². The SMILES string of the molecule is CCCN(CCCc1c[nH]c2ccc(F)cc12)[C@H]1COc2c(OC)ccc(C(N)=O)c2C1. The largest absolute Gasteiger partial charge is 0.493 e. The van der Waals surface area contributed by atoms with E-state index in [9.17, 15) is 9.18 Å². The summed E-state index contributed by atoms with van der Waals surface area (Å²) in [6.07, 6.45) is 5.47. The third-order valence-electron chi connectivity index (χ3n) is 6.22. The van der Waals surface area contributed by atoms with Crippen molar-refractivity contribution in [3.63, 3.8) is 0 Å². The average Bonchev–Trinajstić information content (AvgIpc) is 3.19. The van der Waals surface area contributed by atoms with Gasteiger partial charge in [0.15, 0.2) is 11.5 Å². The zero-order valence-corrected chi connectivity index (χ0v) is 18.6. The van der Waals surface area contributed by atoms with E-state index >= 15 is 0 Å². The van der Waals surface area contributed by atoms with E-state index in [-0.39, 0.29) is 11.9 Å². The van der Waals surface area contributed by atoms with Crippen LogP contribution >= 0.6 is 0 Å². The lowest BCUT2D eigenvalue weighted by Gasteiger charge is -2.36. The van der Waals surface area contributed by atoms with Crippen LogP contribution in [-0.4, -0.2) is 48.6 Å². The third kappa shape index (κ3) is 4.43. The quantitative estimate of drug-likeness (QED) is 0.527. The predicted molar refractivity (Wildman–Crippen MR) is 123 cm³/mol. The van der Waals surface area contributed by atoms with E-state index < -0.39 is 5.91 Å². The maximum Gasteiger partial charge on any atom is 0.249 e. The Morgan fingerprint density at radius 3 is 2.91 bits per heavy atom. The number of nitrogens with one attached hydrogen (secondary N) is 1. The standard InChI is InChI=1S/C25H30FN3O3/c1-3-10-29(11-4-5-16-14-28-22-8-6-17(26)12-20(16)22)18-13-21-19(25(27)30)7-9-23(31-2)24(21)32-15-18/h6-9,12,14,18,28H,3-5,10-11,13,15H2,1-2H3,(H2,27,30)/t18-/m1/s1. The van der Waals surface area contributed by atoms with Crippen LogP contribution < -0.4 is 15.2 Å². The second-order valence-corrected chi connectivity index (χ2v) is 8.30. The van der Waals surface area contributed by atoms with Crippen molar-refractivity contribution in [1.29, 1.82) is 0 Å². The van der Waals surface area contributed by atoms with Gasteiger partial charge in [0.1, 0.15) is 12.4 Å². The molecule has 0 unspecified atom stereocenters. The number of carbonyl (C=O) groups excluding carboxylic acids is 1. The number of amides is 1. The molecule has 4 rings (SSSR count). The summed E-state index contributed by atoms with van der Waals surface area (Å²) in [4.78, 5) is 17.6. The first-order valence-corrected chi connectivity index (χ1v) is 11.1. The summed E-state index contributed by atoms with van der Waals surface area (Å²) in [7, 11) is 1.59. The lowest BCUT2D eigenvalue weighted by Crippen LogP contribution is -2.44. The fourth-order valence-corrected chi connectivity index (χ4v) is 4.66. The molecule has 0 fully saturated rings. The smallest absolute Gasteiger partial charge is 0.249 e. The first-order chi connectivity index (χ1) is 15.5. The van der Waals surface area contributed by atoms with Crippen molar-refractivity contribution < 1.29 is 18.7 Å². The number of aromatic nitrogens is 1. The van der Waals surface area contributed by atoms with Gasteiger partial charge in [-0.25, -0.2) is 4.39 Å². The molecule has 7 heteroatoms. The number of aryl methyl sites for hydroxylation is 1. The molecule has 0 spiro atoms. The van der Waals surface area contributed by atoms with E-state index in [1.807, 2.05) is 6.20 Å². The first kappa shape index (κ1) is 22.1. The summed E-state index contributed by atoms with van der Waals surface area (Å²) < 4.78 is 25.2. The Morgan fingerprint density at radius 2 is 2.16 bits per heavy atom. The van der Waals surface area contributed by atoms with E-state index in [0.717, 1.165) is 54.4 Å². The molecule has 1 aliphatic heterocycles. The predicted octanol–water partition coefficient (Wildman–Crippen LogP) is 4.06. The highest BCUT2D eigenvalue weighted by molar-refractivity contribution is 5.95. The number of hydrogen-bond donors (Lipinski definition) is 2. The molecule has 3 N–H and O–H groups in total. The molecule has 0 saturated carbocycles. The Labute approximate surface area is 187 Å². The zero-order valence-electron chi connectivity index (χ0n) is 18.6. The highest BCUT2D eigenvalue weighted by Gasteiger charge is 2.30. The number of benzene rings is 2. The van der Waals surface area contributed by atoms with E-state index in [1.165, 1.54) is 6.07 Å². The monoisotopic (exact) mass is 439 g/mol. The van der Waals surface area contributed by atoms with Gasteiger partial charge in [-0.2, -0.15) is 0 Å². The van der Waals surface area contributed by atoms with Crippen molar-refractivity contribution >= 4 is 16.8 Å². The van der Waals surface area contributed by atoms with Crippen LogP contribution in [0.2, 0.25) is 0 Å². The third-order valence-corrected chi connectivity index (χ3v) is 6.22. The molecule has 2 aromatic carbocycles. The minimum atomic E-state index is -0.457. The first-order valence-electron chi connectivity index (χ1n) is 11.1. The number of carbonyl (C=O) groups is 1. The number of nitrogens with zero attached hydrogens (tertiary/aromatic N) is 1. The Balaban J connectivity index is 1.48. The summed E-state index contributed by atoms with van der Waals surface area (Å²) in [6.45, 7) is 4.51. The van der Waals surface area contributed by atoms with Crippen molar-refractivity contribution in [2.24, 2.45) is 5.73 Å². The van der Waals surface area contributed by atoms with Crippen LogP contribution in [0.15, 0.2) is 36.5 Å².